The number of hydrogen-bond acceptors (Lipinski definition) is 5. The molecule has 0 fully saturated rings. The average Bonchev–Trinajstić information content (AvgIpc) is 2.70. The van der Waals surface area contributed by atoms with E-state index in [4.69, 9.17) is 4.74 Å². The molecule has 3 aromatic rings. The summed E-state index contributed by atoms with van der Waals surface area (Å²) in [5, 5.41) is 5.70. The van der Waals surface area contributed by atoms with E-state index < -0.39 is 11.7 Å². The molecule has 0 amide bonds. The summed E-state index contributed by atoms with van der Waals surface area (Å²) in [6, 6.07) is 14.1. The highest BCUT2D eigenvalue weighted by Gasteiger charge is 2.35. The Kier molecular flexibility index (Phi) is 7.01. The molecule has 30 heavy (non-hydrogen) atoms. The van der Waals surface area contributed by atoms with Crippen LogP contribution in [0.15, 0.2) is 54.7 Å². The Morgan fingerprint density at radius 1 is 1.07 bits per heavy atom. The number of para-hydroxylation sites is 1. The van der Waals surface area contributed by atoms with Gasteiger partial charge in [-0.15, -0.1) is 0 Å². The van der Waals surface area contributed by atoms with Crippen molar-refractivity contribution in [2.75, 3.05) is 10.6 Å². The number of ether oxygens (including phenoxy) is 1. The van der Waals surface area contributed by atoms with E-state index in [0.717, 1.165) is 16.2 Å². The maximum Gasteiger partial charge on any atom is 0.421 e. The molecular formula is C21H20F3IN4O. The molecule has 0 bridgehead atoms. The fourth-order valence-electron chi connectivity index (χ4n) is 2.50. The molecule has 0 aliphatic carbocycles. The first-order valence-electron chi connectivity index (χ1n) is 9.25. The van der Waals surface area contributed by atoms with Crippen molar-refractivity contribution in [3.8, 4) is 5.75 Å². The first kappa shape index (κ1) is 22.1. The van der Waals surface area contributed by atoms with Crippen LogP contribution in [-0.2, 0) is 6.18 Å². The molecular weight excluding hydrogens is 508 g/mol. The molecule has 0 aliphatic heterocycles. The Morgan fingerprint density at radius 3 is 2.40 bits per heavy atom. The molecule has 1 aromatic heterocycles. The summed E-state index contributed by atoms with van der Waals surface area (Å²) in [7, 11) is 0. The zero-order valence-corrected chi connectivity index (χ0v) is 18.5. The van der Waals surface area contributed by atoms with Crippen LogP contribution >= 0.6 is 22.6 Å². The Bertz CT molecular complexity index is 996. The van der Waals surface area contributed by atoms with Crippen molar-refractivity contribution in [3.05, 3.63) is 63.9 Å². The van der Waals surface area contributed by atoms with E-state index in [0.29, 0.717) is 17.1 Å². The number of aromatic nitrogens is 2. The topological polar surface area (TPSA) is 59.1 Å². The third kappa shape index (κ3) is 5.74. The SMILES string of the molecule is CCC(C)Oc1ccc(Nc2ncc(C(F)(F)F)c(Nc3ccccc3I)n2)cc1. The normalized spacial score (nSPS) is 12.3. The van der Waals surface area contributed by atoms with Gasteiger partial charge in [-0.05, 0) is 72.3 Å². The van der Waals surface area contributed by atoms with E-state index in [1.807, 2.05) is 36.4 Å². The molecule has 1 heterocycles. The van der Waals surface area contributed by atoms with Gasteiger partial charge in [0.2, 0.25) is 5.95 Å². The summed E-state index contributed by atoms with van der Waals surface area (Å²) in [4.78, 5) is 7.90. The maximum atomic E-state index is 13.4. The van der Waals surface area contributed by atoms with Gasteiger partial charge in [0.05, 0.1) is 11.8 Å². The van der Waals surface area contributed by atoms with Gasteiger partial charge in [0.15, 0.2) is 0 Å². The van der Waals surface area contributed by atoms with Crippen LogP contribution in [-0.4, -0.2) is 16.1 Å². The van der Waals surface area contributed by atoms with Crippen molar-refractivity contribution in [2.24, 2.45) is 0 Å². The Morgan fingerprint density at radius 2 is 1.77 bits per heavy atom. The second kappa shape index (κ2) is 9.50. The molecule has 0 saturated carbocycles. The van der Waals surface area contributed by atoms with Gasteiger partial charge in [-0.25, -0.2) is 4.98 Å². The van der Waals surface area contributed by atoms with Crippen LogP contribution < -0.4 is 15.4 Å². The van der Waals surface area contributed by atoms with Gasteiger partial charge >= 0.3 is 6.18 Å². The predicted octanol–water partition coefficient (Wildman–Crippen LogP) is 6.76. The fourth-order valence-corrected chi connectivity index (χ4v) is 3.02. The maximum absolute atomic E-state index is 13.4. The third-order valence-corrected chi connectivity index (χ3v) is 5.18. The molecule has 5 nitrogen and oxygen atoms in total. The van der Waals surface area contributed by atoms with E-state index >= 15 is 0 Å². The number of benzene rings is 2. The number of hydrogen-bond donors (Lipinski definition) is 2. The lowest BCUT2D eigenvalue weighted by atomic mass is 10.2. The van der Waals surface area contributed by atoms with Crippen LogP contribution in [0.3, 0.4) is 0 Å². The molecule has 3 rings (SSSR count). The molecule has 0 aliphatic rings. The lowest BCUT2D eigenvalue weighted by molar-refractivity contribution is -0.137. The van der Waals surface area contributed by atoms with E-state index in [-0.39, 0.29) is 17.9 Å². The van der Waals surface area contributed by atoms with E-state index in [2.05, 4.69) is 20.6 Å². The van der Waals surface area contributed by atoms with Crippen LogP contribution in [0.1, 0.15) is 25.8 Å². The highest BCUT2D eigenvalue weighted by atomic mass is 127. The van der Waals surface area contributed by atoms with Crippen LogP contribution in [0.5, 0.6) is 5.75 Å². The minimum absolute atomic E-state index is 0.0482. The van der Waals surface area contributed by atoms with Crippen LogP contribution in [0.25, 0.3) is 0 Å². The molecule has 0 radical (unpaired) electrons. The molecule has 2 N–H and O–H groups in total. The average molecular weight is 528 g/mol. The highest BCUT2D eigenvalue weighted by molar-refractivity contribution is 14.1. The van der Waals surface area contributed by atoms with E-state index in [1.165, 1.54) is 0 Å². The van der Waals surface area contributed by atoms with Crippen molar-refractivity contribution in [3.63, 3.8) is 0 Å². The summed E-state index contributed by atoms with van der Waals surface area (Å²) in [6.45, 7) is 4.01. The Hall–Kier alpha value is -2.56. The van der Waals surface area contributed by atoms with Crippen LogP contribution in [0.4, 0.5) is 36.3 Å². The molecule has 0 saturated heterocycles. The van der Waals surface area contributed by atoms with Crippen LogP contribution in [0.2, 0.25) is 0 Å². The minimum Gasteiger partial charge on any atom is -0.491 e. The van der Waals surface area contributed by atoms with Gasteiger partial charge in [-0.3, -0.25) is 0 Å². The van der Waals surface area contributed by atoms with E-state index in [9.17, 15) is 13.2 Å². The monoisotopic (exact) mass is 528 g/mol. The molecule has 158 valence electrons. The lowest BCUT2D eigenvalue weighted by Gasteiger charge is -2.16. The van der Waals surface area contributed by atoms with Gasteiger partial charge in [-0.1, -0.05) is 19.1 Å². The number of anilines is 4. The lowest BCUT2D eigenvalue weighted by Crippen LogP contribution is -2.13. The highest BCUT2D eigenvalue weighted by Crippen LogP contribution is 2.36. The predicted molar refractivity (Wildman–Crippen MR) is 120 cm³/mol. The van der Waals surface area contributed by atoms with Crippen molar-refractivity contribution in [1.82, 2.24) is 9.97 Å². The summed E-state index contributed by atoms with van der Waals surface area (Å²) < 4.78 is 46.8. The second-order valence-corrected chi connectivity index (χ2v) is 7.71. The quantitative estimate of drug-likeness (QED) is 0.332. The first-order chi connectivity index (χ1) is 14.3. The van der Waals surface area contributed by atoms with Crippen molar-refractivity contribution >= 4 is 45.7 Å². The van der Waals surface area contributed by atoms with Gasteiger partial charge in [0.25, 0.3) is 0 Å². The smallest absolute Gasteiger partial charge is 0.421 e. The molecule has 9 heteroatoms. The van der Waals surface area contributed by atoms with Crippen molar-refractivity contribution < 1.29 is 17.9 Å². The standard InChI is InChI=1S/C21H20F3IN4O/c1-3-13(2)30-15-10-8-14(9-11-15)27-20-26-12-16(21(22,23)24)19(29-20)28-18-7-5-4-6-17(18)25/h4-13H,3H2,1-2H3,(H2,26,27,28,29). The summed E-state index contributed by atoms with van der Waals surface area (Å²) in [5.41, 5.74) is 0.219. The van der Waals surface area contributed by atoms with Gasteiger partial charge in [-0.2, -0.15) is 18.2 Å². The molecule has 1 atom stereocenters. The van der Waals surface area contributed by atoms with Gasteiger partial charge < -0.3 is 15.4 Å². The third-order valence-electron chi connectivity index (χ3n) is 4.24. The number of rotatable bonds is 7. The molecule has 2 aromatic carbocycles. The summed E-state index contributed by atoms with van der Waals surface area (Å²) >= 11 is 2.05. The largest absolute Gasteiger partial charge is 0.491 e. The number of halogens is 4. The number of alkyl halides is 3. The number of nitrogens with zero attached hydrogens (tertiary/aromatic N) is 2. The molecule has 0 spiro atoms. The second-order valence-electron chi connectivity index (χ2n) is 6.54. The van der Waals surface area contributed by atoms with Crippen LogP contribution in [0, 0.1) is 3.57 Å². The van der Waals surface area contributed by atoms with Crippen molar-refractivity contribution in [1.29, 1.82) is 0 Å². The Balaban J connectivity index is 1.85. The summed E-state index contributed by atoms with van der Waals surface area (Å²) in [6.07, 6.45) is -2.84. The summed E-state index contributed by atoms with van der Waals surface area (Å²) in [5.74, 6) is 0.442. The minimum atomic E-state index is -4.59. The zero-order chi connectivity index (χ0) is 21.7. The van der Waals surface area contributed by atoms with E-state index in [1.54, 1.807) is 48.5 Å². The number of nitrogens with one attached hydrogen (secondary N) is 2. The fraction of sp³-hybridized carbons (Fsp3) is 0.238. The Labute approximate surface area is 186 Å². The first-order valence-corrected chi connectivity index (χ1v) is 10.3. The zero-order valence-electron chi connectivity index (χ0n) is 16.3. The molecule has 1 unspecified atom stereocenters. The van der Waals surface area contributed by atoms with Gasteiger partial charge in [0, 0.05) is 15.5 Å². The van der Waals surface area contributed by atoms with Gasteiger partial charge in [0.1, 0.15) is 17.1 Å². The van der Waals surface area contributed by atoms with Crippen molar-refractivity contribution in [2.45, 2.75) is 32.5 Å².